The molecule has 2 N–H and O–H groups in total. The van der Waals surface area contributed by atoms with Gasteiger partial charge in [-0.05, 0) is 18.9 Å². The zero-order valence-electron chi connectivity index (χ0n) is 8.07. The van der Waals surface area contributed by atoms with Crippen LogP contribution in [0, 0.1) is 0 Å². The number of aryl methyl sites for hydroxylation is 1. The third kappa shape index (κ3) is 0.915. The van der Waals surface area contributed by atoms with Crippen LogP contribution in [0.4, 0.5) is 0 Å². The maximum atomic E-state index is 6.14. The number of hydrogen-bond donors (Lipinski definition) is 1. The van der Waals surface area contributed by atoms with Crippen LogP contribution in [-0.4, -0.2) is 14.8 Å². The Morgan fingerprint density at radius 1 is 1.50 bits per heavy atom. The number of nitrogens with zero attached hydrogens (tertiary/aromatic N) is 3. The van der Waals surface area contributed by atoms with Gasteiger partial charge in [0.15, 0.2) is 0 Å². The Morgan fingerprint density at radius 3 is 3.00 bits per heavy atom. The first-order valence-electron chi connectivity index (χ1n) is 4.77. The molecule has 0 bridgehead atoms. The average Bonchev–Trinajstić information content (AvgIpc) is 2.84. The van der Waals surface area contributed by atoms with Gasteiger partial charge in [-0.1, -0.05) is 0 Å². The van der Waals surface area contributed by atoms with Gasteiger partial charge in [-0.2, -0.15) is 5.10 Å². The van der Waals surface area contributed by atoms with Crippen LogP contribution in [0.1, 0.15) is 18.5 Å². The maximum absolute atomic E-state index is 6.14. The molecule has 1 aliphatic carbocycles. The summed E-state index contributed by atoms with van der Waals surface area (Å²) in [6.07, 6.45) is 5.70. The minimum absolute atomic E-state index is 0.178. The molecule has 2 aromatic rings. The van der Waals surface area contributed by atoms with E-state index in [4.69, 9.17) is 5.73 Å². The van der Waals surface area contributed by atoms with Crippen molar-refractivity contribution in [3.8, 4) is 0 Å². The van der Waals surface area contributed by atoms with Crippen LogP contribution >= 0.6 is 0 Å². The minimum atomic E-state index is -0.178. The molecule has 0 radical (unpaired) electrons. The predicted octanol–water partition coefficient (Wildman–Crippen LogP) is 0.916. The summed E-state index contributed by atoms with van der Waals surface area (Å²) in [4.78, 5) is 4.12. The summed E-state index contributed by atoms with van der Waals surface area (Å²) >= 11 is 0. The second-order valence-electron chi connectivity index (χ2n) is 4.02. The number of aromatic nitrogens is 3. The zero-order chi connectivity index (χ0) is 9.76. The summed E-state index contributed by atoms with van der Waals surface area (Å²) in [5, 5.41) is 5.57. The predicted molar refractivity (Wildman–Crippen MR) is 53.6 cm³/mol. The summed E-state index contributed by atoms with van der Waals surface area (Å²) in [6, 6.07) is 1.97. The molecule has 4 nitrogen and oxygen atoms in total. The standard InChI is InChI=1S/C10H12N4/c1-14-8-2-5-12-6-7(8)9(13-14)10(11)3-4-10/h2,5-6H,3-4,11H2,1H3. The van der Waals surface area contributed by atoms with E-state index in [1.165, 1.54) is 0 Å². The lowest BCUT2D eigenvalue weighted by Crippen LogP contribution is -2.19. The molecule has 14 heavy (non-hydrogen) atoms. The van der Waals surface area contributed by atoms with E-state index in [2.05, 4.69) is 10.1 Å². The molecule has 0 unspecified atom stereocenters. The summed E-state index contributed by atoms with van der Waals surface area (Å²) in [5.41, 5.74) is 8.07. The minimum Gasteiger partial charge on any atom is -0.320 e. The van der Waals surface area contributed by atoms with Crippen LogP contribution < -0.4 is 5.73 Å². The molecule has 0 saturated heterocycles. The van der Waals surface area contributed by atoms with Crippen LogP contribution in [0.25, 0.3) is 10.9 Å². The van der Waals surface area contributed by atoms with E-state index in [1.54, 1.807) is 6.20 Å². The first kappa shape index (κ1) is 7.94. The SMILES string of the molecule is Cn1nc(C2(N)CC2)c2cnccc21. The van der Waals surface area contributed by atoms with Crippen LogP contribution in [-0.2, 0) is 12.6 Å². The number of hydrogen-bond acceptors (Lipinski definition) is 3. The molecule has 0 atom stereocenters. The molecule has 0 spiro atoms. The van der Waals surface area contributed by atoms with Crippen LogP contribution in [0.3, 0.4) is 0 Å². The van der Waals surface area contributed by atoms with Gasteiger partial charge in [-0.15, -0.1) is 0 Å². The van der Waals surface area contributed by atoms with Crippen LogP contribution in [0.2, 0.25) is 0 Å². The summed E-state index contributed by atoms with van der Waals surface area (Å²) in [7, 11) is 1.94. The fraction of sp³-hybridized carbons (Fsp3) is 0.400. The number of nitrogens with two attached hydrogens (primary N) is 1. The Hall–Kier alpha value is -1.42. The van der Waals surface area contributed by atoms with Crippen molar-refractivity contribution < 1.29 is 0 Å². The molecule has 1 fully saturated rings. The number of fused-ring (bicyclic) bond motifs is 1. The smallest absolute Gasteiger partial charge is 0.0917 e. The van der Waals surface area contributed by atoms with Crippen LogP contribution in [0.5, 0.6) is 0 Å². The van der Waals surface area contributed by atoms with Crippen molar-refractivity contribution in [2.75, 3.05) is 0 Å². The third-order valence-electron chi connectivity index (χ3n) is 2.91. The Labute approximate surface area is 81.7 Å². The molecule has 2 aromatic heterocycles. The zero-order valence-corrected chi connectivity index (χ0v) is 8.07. The highest BCUT2D eigenvalue weighted by molar-refractivity contribution is 5.82. The summed E-state index contributed by atoms with van der Waals surface area (Å²) in [6.45, 7) is 0. The van der Waals surface area contributed by atoms with Crippen molar-refractivity contribution in [1.82, 2.24) is 14.8 Å². The normalized spacial score (nSPS) is 18.7. The summed E-state index contributed by atoms with van der Waals surface area (Å²) in [5.74, 6) is 0. The molecule has 72 valence electrons. The topological polar surface area (TPSA) is 56.7 Å². The molecule has 2 heterocycles. The lowest BCUT2D eigenvalue weighted by atomic mass is 10.1. The molecule has 0 aromatic carbocycles. The largest absolute Gasteiger partial charge is 0.320 e. The maximum Gasteiger partial charge on any atom is 0.0917 e. The van der Waals surface area contributed by atoms with E-state index in [0.717, 1.165) is 29.4 Å². The Bertz CT molecular complexity index is 496. The van der Waals surface area contributed by atoms with Gasteiger partial charge in [0.25, 0.3) is 0 Å². The van der Waals surface area contributed by atoms with Gasteiger partial charge in [-0.25, -0.2) is 0 Å². The van der Waals surface area contributed by atoms with Crippen molar-refractivity contribution >= 4 is 10.9 Å². The number of rotatable bonds is 1. The molecule has 3 rings (SSSR count). The molecular formula is C10H12N4. The summed E-state index contributed by atoms with van der Waals surface area (Å²) < 4.78 is 1.87. The Kier molecular flexibility index (Phi) is 1.32. The third-order valence-corrected chi connectivity index (χ3v) is 2.91. The van der Waals surface area contributed by atoms with Gasteiger partial charge < -0.3 is 5.73 Å². The monoisotopic (exact) mass is 188 g/mol. The van der Waals surface area contributed by atoms with Crippen molar-refractivity contribution in [1.29, 1.82) is 0 Å². The van der Waals surface area contributed by atoms with Crippen molar-refractivity contribution in [3.63, 3.8) is 0 Å². The van der Waals surface area contributed by atoms with Gasteiger partial charge in [0, 0.05) is 24.8 Å². The van der Waals surface area contributed by atoms with Crippen LogP contribution in [0.15, 0.2) is 18.5 Å². The second-order valence-corrected chi connectivity index (χ2v) is 4.02. The van der Waals surface area contributed by atoms with E-state index in [9.17, 15) is 0 Å². The Morgan fingerprint density at radius 2 is 2.29 bits per heavy atom. The fourth-order valence-electron chi connectivity index (χ4n) is 1.85. The van der Waals surface area contributed by atoms with E-state index in [0.29, 0.717) is 0 Å². The van der Waals surface area contributed by atoms with Gasteiger partial charge in [-0.3, -0.25) is 9.67 Å². The highest BCUT2D eigenvalue weighted by atomic mass is 15.3. The van der Waals surface area contributed by atoms with Gasteiger partial charge in [0.2, 0.25) is 0 Å². The first-order valence-corrected chi connectivity index (χ1v) is 4.77. The highest BCUT2D eigenvalue weighted by Gasteiger charge is 2.43. The number of pyridine rings is 1. The van der Waals surface area contributed by atoms with E-state index in [-0.39, 0.29) is 5.54 Å². The Balaban J connectivity index is 2.34. The van der Waals surface area contributed by atoms with Crippen molar-refractivity contribution in [2.45, 2.75) is 18.4 Å². The average molecular weight is 188 g/mol. The molecular weight excluding hydrogens is 176 g/mol. The molecule has 1 saturated carbocycles. The molecule has 1 aliphatic rings. The van der Waals surface area contributed by atoms with Gasteiger partial charge >= 0.3 is 0 Å². The molecule has 0 aliphatic heterocycles. The van der Waals surface area contributed by atoms with E-state index < -0.39 is 0 Å². The van der Waals surface area contributed by atoms with Gasteiger partial charge in [0.1, 0.15) is 0 Å². The van der Waals surface area contributed by atoms with Crippen molar-refractivity contribution in [3.05, 3.63) is 24.2 Å². The highest BCUT2D eigenvalue weighted by Crippen LogP contribution is 2.44. The fourth-order valence-corrected chi connectivity index (χ4v) is 1.85. The van der Waals surface area contributed by atoms with E-state index in [1.807, 2.05) is 24.0 Å². The van der Waals surface area contributed by atoms with Crippen molar-refractivity contribution in [2.24, 2.45) is 12.8 Å². The van der Waals surface area contributed by atoms with Gasteiger partial charge in [0.05, 0.1) is 16.7 Å². The quantitative estimate of drug-likeness (QED) is 0.723. The second kappa shape index (κ2) is 2.33. The molecule has 0 amide bonds. The molecule has 4 heteroatoms. The van der Waals surface area contributed by atoms with E-state index >= 15 is 0 Å². The lowest BCUT2D eigenvalue weighted by Gasteiger charge is -2.03. The lowest BCUT2D eigenvalue weighted by molar-refractivity contribution is 0.668. The first-order chi connectivity index (χ1) is 6.71.